The molecule has 0 radical (unpaired) electrons. The van der Waals surface area contributed by atoms with Gasteiger partial charge in [-0.2, -0.15) is 0 Å². The highest BCUT2D eigenvalue weighted by Gasteiger charge is 2.47. The molecule has 0 bridgehead atoms. The van der Waals surface area contributed by atoms with E-state index in [9.17, 15) is 14.4 Å². The van der Waals surface area contributed by atoms with Gasteiger partial charge in [-0.1, -0.05) is 0 Å². The molecule has 16 heavy (non-hydrogen) atoms. The van der Waals surface area contributed by atoms with Crippen LogP contribution in [0.1, 0.15) is 20.8 Å². The van der Waals surface area contributed by atoms with Crippen LogP contribution >= 0.6 is 0 Å². The SMILES string of the molecule is CC(=O)[O][Al]([O]C(C)=O)[O]C(C)=O.O.O.O. The second kappa shape index (κ2) is 11.9. The third kappa shape index (κ3) is 15.3. The molecular formula is C6H15AlO9. The Bertz CT molecular complexity index is 190. The summed E-state index contributed by atoms with van der Waals surface area (Å²) in [6.45, 7) is 3.40. The molecule has 0 aromatic rings. The maximum atomic E-state index is 10.4. The predicted octanol–water partition coefficient (Wildman–Crippen LogP) is -2.81. The van der Waals surface area contributed by atoms with Gasteiger partial charge in [-0.25, -0.2) is 0 Å². The third-order valence-electron chi connectivity index (χ3n) is 0.787. The van der Waals surface area contributed by atoms with E-state index in [4.69, 9.17) is 0 Å². The van der Waals surface area contributed by atoms with Crippen molar-refractivity contribution in [1.82, 2.24) is 0 Å². The lowest BCUT2D eigenvalue weighted by molar-refractivity contribution is -0.144. The molecule has 0 aliphatic rings. The van der Waals surface area contributed by atoms with Crippen molar-refractivity contribution in [3.63, 3.8) is 0 Å². The molecule has 96 valence electrons. The first-order valence-electron chi connectivity index (χ1n) is 3.43. The molecule has 0 rings (SSSR count). The molecule has 0 saturated heterocycles. The maximum Gasteiger partial charge on any atom is 1.20 e. The van der Waals surface area contributed by atoms with Gasteiger partial charge in [0.05, 0.1) is 0 Å². The number of hydrogen-bond acceptors (Lipinski definition) is 6. The van der Waals surface area contributed by atoms with Crippen molar-refractivity contribution in [1.29, 1.82) is 0 Å². The monoisotopic (exact) mass is 258 g/mol. The molecule has 0 saturated carbocycles. The second-order valence-corrected chi connectivity index (χ2v) is 3.40. The fourth-order valence-electron chi connectivity index (χ4n) is 0.479. The average Bonchev–Trinajstić information content (AvgIpc) is 1.80. The minimum Gasteiger partial charge on any atom is -0.551 e. The van der Waals surface area contributed by atoms with Crippen LogP contribution in [0.15, 0.2) is 0 Å². The van der Waals surface area contributed by atoms with Gasteiger partial charge >= 0.3 is 15.1 Å². The van der Waals surface area contributed by atoms with Gasteiger partial charge in [-0.15, -0.1) is 0 Å². The minimum absolute atomic E-state index is 0. The summed E-state index contributed by atoms with van der Waals surface area (Å²) in [5.74, 6) is -1.96. The Morgan fingerprint density at radius 3 is 1.00 bits per heavy atom. The summed E-state index contributed by atoms with van der Waals surface area (Å²) in [6, 6.07) is 0. The van der Waals surface area contributed by atoms with E-state index < -0.39 is 33.1 Å². The molecule has 0 atom stereocenters. The number of carbonyl (C=O) groups excluding carboxylic acids is 3. The smallest absolute Gasteiger partial charge is 0.551 e. The van der Waals surface area contributed by atoms with Crippen LogP contribution in [0.2, 0.25) is 0 Å². The van der Waals surface area contributed by atoms with Gasteiger partial charge < -0.3 is 27.8 Å². The molecule has 0 fully saturated rings. The Kier molecular flexibility index (Phi) is 18.0. The van der Waals surface area contributed by atoms with E-state index in [0.717, 1.165) is 20.8 Å². The van der Waals surface area contributed by atoms with E-state index in [2.05, 4.69) is 11.4 Å². The molecular weight excluding hydrogens is 243 g/mol. The second-order valence-electron chi connectivity index (χ2n) is 2.12. The van der Waals surface area contributed by atoms with Crippen molar-refractivity contribution in [2.75, 3.05) is 0 Å². The Morgan fingerprint density at radius 1 is 0.688 bits per heavy atom. The summed E-state index contributed by atoms with van der Waals surface area (Å²) >= 11 is -2.96. The summed E-state index contributed by atoms with van der Waals surface area (Å²) < 4.78 is 13.5. The first-order valence-corrected chi connectivity index (χ1v) is 4.85. The standard InChI is InChI=1S/3C2H4O2.Al.3H2O/c3*1-2(3)4;;;;/h3*1H3,(H,3,4);;3*1H2/q;;;+3;;;/p-3. The van der Waals surface area contributed by atoms with Crippen LogP contribution in [-0.2, 0) is 25.7 Å². The van der Waals surface area contributed by atoms with Crippen molar-refractivity contribution in [2.24, 2.45) is 0 Å². The van der Waals surface area contributed by atoms with Crippen LogP contribution in [0.25, 0.3) is 0 Å². The normalized spacial score (nSPS) is 6.94. The summed E-state index contributed by atoms with van der Waals surface area (Å²) in [4.78, 5) is 31.3. The molecule has 0 aromatic heterocycles. The van der Waals surface area contributed by atoms with Gasteiger partial charge in [0, 0.05) is 20.8 Å². The molecule has 0 unspecified atom stereocenters. The lowest BCUT2D eigenvalue weighted by Gasteiger charge is -2.08. The van der Waals surface area contributed by atoms with E-state index in [-0.39, 0.29) is 16.4 Å². The van der Waals surface area contributed by atoms with E-state index in [1.165, 1.54) is 0 Å². The summed E-state index contributed by atoms with van der Waals surface area (Å²) in [5, 5.41) is 0. The quantitative estimate of drug-likeness (QED) is 0.493. The van der Waals surface area contributed by atoms with Gasteiger partial charge in [-0.05, 0) is 0 Å². The molecule has 0 spiro atoms. The van der Waals surface area contributed by atoms with E-state index in [1.807, 2.05) is 0 Å². The van der Waals surface area contributed by atoms with Crippen LogP contribution in [0.3, 0.4) is 0 Å². The van der Waals surface area contributed by atoms with Crippen LogP contribution in [-0.4, -0.2) is 49.5 Å². The topological polar surface area (TPSA) is 173 Å². The average molecular weight is 258 g/mol. The molecule has 0 aliphatic carbocycles. The fourth-order valence-corrected chi connectivity index (χ4v) is 1.44. The lowest BCUT2D eigenvalue weighted by Crippen LogP contribution is -2.32. The van der Waals surface area contributed by atoms with Gasteiger partial charge in [0.25, 0.3) is 17.9 Å². The number of rotatable bonds is 3. The Hall–Kier alpha value is -1.18. The zero-order valence-corrected chi connectivity index (χ0v) is 10.2. The number of carbonyl (C=O) groups is 3. The third-order valence-corrected chi connectivity index (χ3v) is 2.36. The molecule has 0 aliphatic heterocycles. The van der Waals surface area contributed by atoms with Crippen molar-refractivity contribution < 1.29 is 42.2 Å². The predicted molar refractivity (Wildman–Crippen MR) is 51.9 cm³/mol. The molecule has 10 heteroatoms. The van der Waals surface area contributed by atoms with Gasteiger partial charge in [0.1, 0.15) is 0 Å². The molecule has 9 nitrogen and oxygen atoms in total. The van der Waals surface area contributed by atoms with E-state index in [1.54, 1.807) is 0 Å². The fraction of sp³-hybridized carbons (Fsp3) is 0.500. The van der Waals surface area contributed by atoms with Crippen LogP contribution < -0.4 is 0 Å². The maximum absolute atomic E-state index is 10.4. The van der Waals surface area contributed by atoms with Crippen molar-refractivity contribution in [3.8, 4) is 0 Å². The van der Waals surface area contributed by atoms with E-state index >= 15 is 0 Å². The van der Waals surface area contributed by atoms with Gasteiger partial charge in [0.2, 0.25) is 0 Å². The van der Waals surface area contributed by atoms with E-state index in [0.29, 0.717) is 0 Å². The first-order chi connectivity index (χ1) is 5.91. The van der Waals surface area contributed by atoms with Gasteiger partial charge in [-0.3, -0.25) is 14.4 Å². The highest BCUT2D eigenvalue weighted by molar-refractivity contribution is 6.43. The Balaban J connectivity index is -0.000000240. The van der Waals surface area contributed by atoms with Crippen molar-refractivity contribution in [2.45, 2.75) is 20.8 Å². The largest absolute Gasteiger partial charge is 1.20 e. The zero-order chi connectivity index (χ0) is 10.4. The van der Waals surface area contributed by atoms with Crippen LogP contribution in [0.5, 0.6) is 0 Å². The van der Waals surface area contributed by atoms with Crippen LogP contribution in [0, 0.1) is 0 Å². The molecule has 6 N–H and O–H groups in total. The van der Waals surface area contributed by atoms with Crippen LogP contribution in [0.4, 0.5) is 0 Å². The molecule has 0 aromatic carbocycles. The Morgan fingerprint density at radius 2 is 0.875 bits per heavy atom. The molecule has 0 heterocycles. The summed E-state index contributed by atoms with van der Waals surface area (Å²) in [6.07, 6.45) is 0. The highest BCUT2D eigenvalue weighted by Crippen LogP contribution is 1.94. The zero-order valence-electron chi connectivity index (χ0n) is 9.03. The first kappa shape index (κ1) is 24.2. The highest BCUT2D eigenvalue weighted by atomic mass is 27.3. The lowest BCUT2D eigenvalue weighted by atomic mass is 10.9. The van der Waals surface area contributed by atoms with Crippen molar-refractivity contribution in [3.05, 3.63) is 0 Å². The molecule has 0 amide bonds. The Labute approximate surface area is 96.6 Å². The van der Waals surface area contributed by atoms with Crippen molar-refractivity contribution >= 4 is 33.1 Å². The van der Waals surface area contributed by atoms with Gasteiger partial charge in [0.15, 0.2) is 0 Å². The summed E-state index contributed by atoms with van der Waals surface area (Å²) in [5.41, 5.74) is 0. The summed E-state index contributed by atoms with van der Waals surface area (Å²) in [7, 11) is 0. The minimum atomic E-state index is -2.96. The number of hydrogen-bond donors (Lipinski definition) is 0.